The van der Waals surface area contributed by atoms with Crippen molar-refractivity contribution in [2.24, 2.45) is 0 Å². The number of alkyl halides is 1. The van der Waals surface area contributed by atoms with Crippen molar-refractivity contribution in [3.8, 4) is 0 Å². The Kier molecular flexibility index (Phi) is 3.87. The maximum absolute atomic E-state index is 5.05. The molecule has 5 heteroatoms. The van der Waals surface area contributed by atoms with E-state index in [2.05, 4.69) is 40.1 Å². The first-order valence-corrected chi connectivity index (χ1v) is 5.11. The predicted octanol–water partition coefficient (Wildman–Crippen LogP) is 1.94. The van der Waals surface area contributed by atoms with E-state index in [-0.39, 0.29) is 4.83 Å². The fourth-order valence-corrected chi connectivity index (χ4v) is 1.70. The Bertz CT molecular complexity index is 262. The van der Waals surface area contributed by atoms with Gasteiger partial charge in [0.05, 0.1) is 23.3 Å². The van der Waals surface area contributed by atoms with Crippen molar-refractivity contribution < 1.29 is 4.74 Å². The third-order valence-corrected chi connectivity index (χ3v) is 2.46. The molecule has 0 aliphatic rings. The lowest BCUT2D eigenvalue weighted by Crippen LogP contribution is -2.11. The van der Waals surface area contributed by atoms with Gasteiger partial charge < -0.3 is 4.74 Å². The van der Waals surface area contributed by atoms with E-state index in [0.29, 0.717) is 12.6 Å². The number of hydrogen-bond acceptors (Lipinski definition) is 3. The minimum absolute atomic E-state index is 0.162. The molecule has 0 bridgehead atoms. The molecule has 0 aliphatic carbocycles. The molecule has 0 amide bonds. The average Bonchev–Trinajstić information content (AvgIpc) is 2.52. The second kappa shape index (κ2) is 4.72. The van der Waals surface area contributed by atoms with Crippen LogP contribution in [0.15, 0.2) is 6.20 Å². The van der Waals surface area contributed by atoms with E-state index in [9.17, 15) is 0 Å². The molecule has 1 aromatic heterocycles. The van der Waals surface area contributed by atoms with E-state index >= 15 is 0 Å². The van der Waals surface area contributed by atoms with Crippen LogP contribution >= 0.6 is 15.9 Å². The summed E-state index contributed by atoms with van der Waals surface area (Å²) in [5, 5.41) is 7.87. The monoisotopic (exact) mass is 247 g/mol. The zero-order valence-corrected chi connectivity index (χ0v) is 9.65. The first-order chi connectivity index (χ1) is 6.16. The van der Waals surface area contributed by atoms with Crippen molar-refractivity contribution in [3.63, 3.8) is 0 Å². The molecule has 1 aromatic rings. The number of nitrogens with zero attached hydrogens (tertiary/aromatic N) is 3. The second-order valence-corrected chi connectivity index (χ2v) is 4.23. The van der Waals surface area contributed by atoms with Crippen molar-refractivity contribution >= 4 is 15.9 Å². The van der Waals surface area contributed by atoms with Crippen LogP contribution in [-0.4, -0.2) is 28.7 Å². The van der Waals surface area contributed by atoms with Crippen LogP contribution in [0.1, 0.15) is 30.4 Å². The second-order valence-electron chi connectivity index (χ2n) is 3.12. The minimum atomic E-state index is 0.162. The van der Waals surface area contributed by atoms with Gasteiger partial charge in [0.15, 0.2) is 0 Å². The molecule has 4 nitrogen and oxygen atoms in total. The van der Waals surface area contributed by atoms with Crippen LogP contribution in [0.5, 0.6) is 0 Å². The summed E-state index contributed by atoms with van der Waals surface area (Å²) in [6.45, 7) is 4.77. The summed E-state index contributed by atoms with van der Waals surface area (Å²) in [6.07, 6.45) is 1.76. The highest BCUT2D eigenvalue weighted by Crippen LogP contribution is 2.23. The molecular formula is C8H14BrN3O. The molecular weight excluding hydrogens is 234 g/mol. The predicted molar refractivity (Wildman–Crippen MR) is 54.0 cm³/mol. The van der Waals surface area contributed by atoms with E-state index < -0.39 is 0 Å². The molecule has 0 fully saturated rings. The van der Waals surface area contributed by atoms with Crippen molar-refractivity contribution in [1.82, 2.24) is 15.0 Å². The van der Waals surface area contributed by atoms with Gasteiger partial charge in [-0.15, -0.1) is 5.10 Å². The number of aromatic nitrogens is 3. The van der Waals surface area contributed by atoms with Crippen molar-refractivity contribution in [2.45, 2.75) is 24.7 Å². The van der Waals surface area contributed by atoms with E-state index in [0.717, 1.165) is 5.69 Å². The normalized spacial score (nSPS) is 13.6. The lowest BCUT2D eigenvalue weighted by molar-refractivity contribution is 0.198. The summed E-state index contributed by atoms with van der Waals surface area (Å²) < 4.78 is 6.93. The fraction of sp³-hybridized carbons (Fsp3) is 0.750. The largest absolute Gasteiger partial charge is 0.383 e. The third-order valence-electron chi connectivity index (χ3n) is 1.73. The third kappa shape index (κ3) is 2.51. The average molecular weight is 248 g/mol. The zero-order valence-electron chi connectivity index (χ0n) is 8.07. The molecule has 0 saturated carbocycles. The van der Waals surface area contributed by atoms with Crippen LogP contribution in [0.4, 0.5) is 0 Å². The molecule has 0 saturated heterocycles. The van der Waals surface area contributed by atoms with Gasteiger partial charge in [0.1, 0.15) is 0 Å². The fourth-order valence-electron chi connectivity index (χ4n) is 1.11. The van der Waals surface area contributed by atoms with Crippen molar-refractivity contribution in [1.29, 1.82) is 0 Å². The molecule has 1 heterocycles. The van der Waals surface area contributed by atoms with Gasteiger partial charge in [-0.2, -0.15) is 0 Å². The minimum Gasteiger partial charge on any atom is -0.383 e. The quantitative estimate of drug-likeness (QED) is 0.764. The summed E-state index contributed by atoms with van der Waals surface area (Å²) in [7, 11) is 1.68. The molecule has 13 heavy (non-hydrogen) atoms. The molecule has 0 radical (unpaired) electrons. The molecule has 1 rings (SSSR count). The first kappa shape index (κ1) is 10.7. The molecule has 74 valence electrons. The Morgan fingerprint density at radius 3 is 2.85 bits per heavy atom. The van der Waals surface area contributed by atoms with E-state index in [1.807, 2.05) is 4.68 Å². The zero-order chi connectivity index (χ0) is 9.84. The van der Waals surface area contributed by atoms with Gasteiger partial charge in [-0.3, -0.25) is 0 Å². The number of halogens is 1. The lowest BCUT2D eigenvalue weighted by Gasteiger charge is -2.13. The van der Waals surface area contributed by atoms with Gasteiger partial charge >= 0.3 is 0 Å². The summed E-state index contributed by atoms with van der Waals surface area (Å²) in [4.78, 5) is 0.162. The highest BCUT2D eigenvalue weighted by molar-refractivity contribution is 9.09. The van der Waals surface area contributed by atoms with Crippen molar-refractivity contribution in [2.75, 3.05) is 13.7 Å². The smallest absolute Gasteiger partial charge is 0.0814 e. The summed E-state index contributed by atoms with van der Waals surface area (Å²) in [5.41, 5.74) is 1.05. The van der Waals surface area contributed by atoms with Gasteiger partial charge in [-0.1, -0.05) is 21.1 Å². The van der Waals surface area contributed by atoms with Crippen LogP contribution in [0.3, 0.4) is 0 Å². The molecule has 0 aliphatic heterocycles. The highest BCUT2D eigenvalue weighted by Gasteiger charge is 2.15. The summed E-state index contributed by atoms with van der Waals surface area (Å²) in [6, 6.07) is 0.328. The van der Waals surface area contributed by atoms with Crippen LogP contribution in [0, 0.1) is 0 Å². The first-order valence-electron chi connectivity index (χ1n) is 4.20. The molecule has 0 spiro atoms. The molecule has 0 aromatic carbocycles. The van der Waals surface area contributed by atoms with Crippen LogP contribution < -0.4 is 0 Å². The maximum Gasteiger partial charge on any atom is 0.0814 e. The number of rotatable bonds is 4. The highest BCUT2D eigenvalue weighted by atomic mass is 79.9. The summed E-state index contributed by atoms with van der Waals surface area (Å²) >= 11 is 3.52. The standard InChI is InChI=1S/C8H14BrN3O/c1-6(2)12-8(4-10-11-12)7(9)5-13-3/h4,6-7H,5H2,1-3H3. The SMILES string of the molecule is COCC(Br)c1cnnn1C(C)C. The van der Waals surface area contributed by atoms with Gasteiger partial charge in [0.25, 0.3) is 0 Å². The maximum atomic E-state index is 5.05. The Hall–Kier alpha value is -0.420. The Morgan fingerprint density at radius 2 is 2.31 bits per heavy atom. The Balaban J connectivity index is 2.80. The van der Waals surface area contributed by atoms with Crippen LogP contribution in [0.25, 0.3) is 0 Å². The molecule has 0 N–H and O–H groups in total. The van der Waals surface area contributed by atoms with Gasteiger partial charge in [0, 0.05) is 13.2 Å². The Labute approximate surface area is 86.4 Å². The van der Waals surface area contributed by atoms with E-state index in [1.165, 1.54) is 0 Å². The van der Waals surface area contributed by atoms with Gasteiger partial charge in [-0.05, 0) is 13.8 Å². The lowest BCUT2D eigenvalue weighted by atomic mass is 10.3. The number of hydrogen-bond donors (Lipinski definition) is 0. The van der Waals surface area contributed by atoms with E-state index in [1.54, 1.807) is 13.3 Å². The van der Waals surface area contributed by atoms with Crippen LogP contribution in [-0.2, 0) is 4.74 Å². The summed E-state index contributed by atoms with van der Waals surface area (Å²) in [5.74, 6) is 0. The Morgan fingerprint density at radius 1 is 1.62 bits per heavy atom. The topological polar surface area (TPSA) is 39.9 Å². The number of methoxy groups -OCH3 is 1. The van der Waals surface area contributed by atoms with E-state index in [4.69, 9.17) is 4.74 Å². The molecule has 1 atom stereocenters. The number of ether oxygens (including phenoxy) is 1. The van der Waals surface area contributed by atoms with Crippen LogP contribution in [0.2, 0.25) is 0 Å². The van der Waals surface area contributed by atoms with Crippen molar-refractivity contribution in [3.05, 3.63) is 11.9 Å². The van der Waals surface area contributed by atoms with Gasteiger partial charge in [0.2, 0.25) is 0 Å². The van der Waals surface area contributed by atoms with Gasteiger partial charge in [-0.25, -0.2) is 4.68 Å². The molecule has 1 unspecified atom stereocenters.